The second kappa shape index (κ2) is 8.96. The van der Waals surface area contributed by atoms with E-state index >= 15 is 0 Å². The van der Waals surface area contributed by atoms with Gasteiger partial charge in [0.25, 0.3) is 23.6 Å². The molecule has 4 aromatic rings. The highest BCUT2D eigenvalue weighted by Crippen LogP contribution is 2.43. The molecule has 2 heterocycles. The van der Waals surface area contributed by atoms with Crippen LogP contribution in [-0.4, -0.2) is 23.6 Å². The first-order valence-electron chi connectivity index (χ1n) is 15.0. The Morgan fingerprint density at radius 1 is 0.429 bits per heavy atom. The fourth-order valence-electron chi connectivity index (χ4n) is 7.79. The summed E-state index contributed by atoms with van der Waals surface area (Å²) < 4.78 is 0. The summed E-state index contributed by atoms with van der Waals surface area (Å²) in [6.07, 6.45) is 7.75. The first-order valence-corrected chi connectivity index (χ1v) is 15.0. The molecule has 0 fully saturated rings. The Morgan fingerprint density at radius 3 is 1.07 bits per heavy atom. The molecule has 0 N–H and O–H groups in total. The third kappa shape index (κ3) is 3.26. The van der Waals surface area contributed by atoms with Crippen LogP contribution in [0.5, 0.6) is 0 Å². The lowest BCUT2D eigenvalue weighted by molar-refractivity contribution is 0.0872. The summed E-state index contributed by atoms with van der Waals surface area (Å²) in [6.45, 7) is 4.16. The first-order chi connectivity index (χ1) is 20.4. The van der Waals surface area contributed by atoms with E-state index in [0.29, 0.717) is 44.4 Å². The second-order valence-electron chi connectivity index (χ2n) is 12.1. The van der Waals surface area contributed by atoms with E-state index in [9.17, 15) is 19.2 Å². The number of fused-ring (bicyclic) bond motifs is 2. The van der Waals surface area contributed by atoms with E-state index in [2.05, 4.69) is 13.8 Å². The van der Waals surface area contributed by atoms with Crippen LogP contribution in [0.25, 0.3) is 10.8 Å². The number of carbonyl (C=O) groups excluding carboxylic acids is 4. The third-order valence-electron chi connectivity index (χ3n) is 9.86. The molecule has 6 nitrogen and oxygen atoms in total. The molecule has 42 heavy (non-hydrogen) atoms. The maximum absolute atomic E-state index is 14.1. The molecule has 0 radical (unpaired) electrons. The largest absolute Gasteiger partial charge is 0.268 e. The van der Waals surface area contributed by atoms with E-state index in [1.807, 2.05) is 24.3 Å². The molecule has 2 aliphatic carbocycles. The molecule has 0 aromatic heterocycles. The topological polar surface area (TPSA) is 74.8 Å². The summed E-state index contributed by atoms with van der Waals surface area (Å²) in [5, 5.41) is 0.814. The zero-order valence-corrected chi connectivity index (χ0v) is 23.8. The maximum atomic E-state index is 14.1. The van der Waals surface area contributed by atoms with Crippen LogP contribution in [0.1, 0.15) is 100 Å². The number of nitrogens with zero attached hydrogens (tertiary/aromatic N) is 2. The Morgan fingerprint density at radius 2 is 0.738 bits per heavy atom. The van der Waals surface area contributed by atoms with Gasteiger partial charge in [-0.15, -0.1) is 0 Å². The Labute approximate surface area is 243 Å². The molecule has 0 spiro atoms. The molecule has 8 rings (SSSR count). The van der Waals surface area contributed by atoms with Crippen molar-refractivity contribution in [3.8, 4) is 0 Å². The first kappa shape index (κ1) is 25.2. The molecular weight excluding hydrogens is 524 g/mol. The Balaban J connectivity index is 1.29. The number of benzene rings is 4. The Bertz CT molecular complexity index is 1740. The van der Waals surface area contributed by atoms with Crippen LogP contribution in [-0.2, 0) is 25.7 Å². The number of imide groups is 2. The third-order valence-corrected chi connectivity index (χ3v) is 9.86. The zero-order chi connectivity index (χ0) is 28.9. The van der Waals surface area contributed by atoms with Gasteiger partial charge in [-0.25, -0.2) is 9.80 Å². The maximum Gasteiger partial charge on any atom is 0.265 e. The van der Waals surface area contributed by atoms with Gasteiger partial charge in [0.05, 0.1) is 11.4 Å². The molecule has 4 amide bonds. The van der Waals surface area contributed by atoms with Gasteiger partial charge in [0.15, 0.2) is 0 Å². The van der Waals surface area contributed by atoms with Gasteiger partial charge in [-0.3, -0.25) is 19.2 Å². The van der Waals surface area contributed by atoms with Gasteiger partial charge in [-0.2, -0.15) is 0 Å². The summed E-state index contributed by atoms with van der Waals surface area (Å²) in [4.78, 5) is 58.9. The van der Waals surface area contributed by atoms with Crippen LogP contribution >= 0.6 is 0 Å². The minimum atomic E-state index is -0.414. The summed E-state index contributed by atoms with van der Waals surface area (Å²) in [7, 11) is 0. The van der Waals surface area contributed by atoms with Crippen molar-refractivity contribution in [2.45, 2.75) is 65.2 Å². The molecule has 0 unspecified atom stereocenters. The van der Waals surface area contributed by atoms with Crippen molar-refractivity contribution in [2.24, 2.45) is 0 Å². The van der Waals surface area contributed by atoms with Crippen LogP contribution < -0.4 is 9.80 Å². The van der Waals surface area contributed by atoms with Crippen molar-refractivity contribution in [1.29, 1.82) is 0 Å². The van der Waals surface area contributed by atoms with Gasteiger partial charge in [0, 0.05) is 33.0 Å². The number of hydrogen-bond acceptors (Lipinski definition) is 4. The van der Waals surface area contributed by atoms with E-state index in [1.54, 1.807) is 24.3 Å². The van der Waals surface area contributed by atoms with Crippen molar-refractivity contribution in [1.82, 2.24) is 0 Å². The van der Waals surface area contributed by atoms with Gasteiger partial charge in [-0.05, 0) is 135 Å². The standard InChI is InChI=1S/C36H30N2O4/c1-19-11-17-29(23-9-5-3-7-21(19)23)37-33(39)25-13-15-27-32-28(16-14-26(31(25)32)34(37)40)36(42)38(35(27)41)30-18-12-20(2)22-8-4-6-10-24(22)30/h11-18H,3-10H2,1-2H3. The average Bonchev–Trinajstić information content (AvgIpc) is 3.01. The Kier molecular flexibility index (Phi) is 5.37. The monoisotopic (exact) mass is 554 g/mol. The number of anilines is 2. The van der Waals surface area contributed by atoms with Crippen molar-refractivity contribution >= 4 is 45.8 Å². The van der Waals surface area contributed by atoms with Gasteiger partial charge in [-0.1, -0.05) is 12.1 Å². The SMILES string of the molecule is Cc1ccc(N2C(=O)c3ccc4c5c(ccc(c35)C2=O)C(=O)N(c2ccc(C)c3c2CCCC3)C4=O)c2c1CCCC2. The summed E-state index contributed by atoms with van der Waals surface area (Å²) in [6, 6.07) is 14.4. The van der Waals surface area contributed by atoms with Gasteiger partial charge in [0.2, 0.25) is 0 Å². The van der Waals surface area contributed by atoms with E-state index < -0.39 is 23.6 Å². The molecule has 0 saturated heterocycles. The van der Waals surface area contributed by atoms with E-state index in [1.165, 1.54) is 32.1 Å². The number of hydrogen-bond donors (Lipinski definition) is 0. The molecule has 4 aromatic carbocycles. The lowest BCUT2D eigenvalue weighted by Crippen LogP contribution is -2.44. The number of aryl methyl sites for hydroxylation is 2. The fourth-order valence-corrected chi connectivity index (χ4v) is 7.79. The molecule has 0 atom stereocenters. The minimum absolute atomic E-state index is 0.345. The van der Waals surface area contributed by atoms with Crippen LogP contribution in [0.3, 0.4) is 0 Å². The molecule has 0 saturated carbocycles. The smallest absolute Gasteiger partial charge is 0.265 e. The molecule has 6 heteroatoms. The summed E-state index contributed by atoms with van der Waals surface area (Å²) in [5.41, 5.74) is 9.62. The van der Waals surface area contributed by atoms with E-state index in [4.69, 9.17) is 0 Å². The highest BCUT2D eigenvalue weighted by Gasteiger charge is 2.42. The van der Waals surface area contributed by atoms with Gasteiger partial charge < -0.3 is 0 Å². The van der Waals surface area contributed by atoms with Crippen molar-refractivity contribution in [3.05, 3.63) is 104 Å². The van der Waals surface area contributed by atoms with Crippen molar-refractivity contribution in [3.63, 3.8) is 0 Å². The number of amides is 4. The van der Waals surface area contributed by atoms with Crippen LogP contribution in [0.15, 0.2) is 48.5 Å². The highest BCUT2D eigenvalue weighted by atomic mass is 16.2. The molecular formula is C36H30N2O4. The zero-order valence-electron chi connectivity index (χ0n) is 23.8. The molecule has 208 valence electrons. The van der Waals surface area contributed by atoms with Crippen LogP contribution in [0.4, 0.5) is 11.4 Å². The number of rotatable bonds is 2. The Hall–Kier alpha value is -4.58. The quantitative estimate of drug-likeness (QED) is 0.255. The summed E-state index contributed by atoms with van der Waals surface area (Å²) >= 11 is 0. The highest BCUT2D eigenvalue weighted by molar-refractivity contribution is 6.42. The normalized spacial score (nSPS) is 17.6. The van der Waals surface area contributed by atoms with E-state index in [0.717, 1.165) is 62.5 Å². The number of carbonyl (C=O) groups is 4. The molecule has 4 aliphatic rings. The minimum Gasteiger partial charge on any atom is -0.268 e. The van der Waals surface area contributed by atoms with Gasteiger partial charge in [0.1, 0.15) is 0 Å². The van der Waals surface area contributed by atoms with Crippen molar-refractivity contribution in [2.75, 3.05) is 9.80 Å². The van der Waals surface area contributed by atoms with Crippen LogP contribution in [0, 0.1) is 13.8 Å². The average molecular weight is 555 g/mol. The lowest BCUT2D eigenvalue weighted by Gasteiger charge is -2.34. The lowest BCUT2D eigenvalue weighted by atomic mass is 9.83. The predicted octanol–water partition coefficient (Wildman–Crippen LogP) is 6.82. The van der Waals surface area contributed by atoms with Crippen molar-refractivity contribution < 1.29 is 19.2 Å². The molecule has 0 bridgehead atoms. The second-order valence-corrected chi connectivity index (χ2v) is 12.1. The molecule has 2 aliphatic heterocycles. The predicted molar refractivity (Wildman–Crippen MR) is 162 cm³/mol. The van der Waals surface area contributed by atoms with Gasteiger partial charge >= 0.3 is 0 Å². The van der Waals surface area contributed by atoms with E-state index in [-0.39, 0.29) is 0 Å². The van der Waals surface area contributed by atoms with Crippen LogP contribution in [0.2, 0.25) is 0 Å². The summed E-state index contributed by atoms with van der Waals surface area (Å²) in [5.74, 6) is -1.66. The fraction of sp³-hybridized carbons (Fsp3) is 0.278.